The summed E-state index contributed by atoms with van der Waals surface area (Å²) in [5.74, 6) is -2.36. The van der Waals surface area contributed by atoms with Crippen molar-refractivity contribution in [1.29, 1.82) is 0 Å². The van der Waals surface area contributed by atoms with Gasteiger partial charge in [0, 0.05) is 13.2 Å². The zero-order valence-corrected chi connectivity index (χ0v) is 17.4. The van der Waals surface area contributed by atoms with E-state index in [0.717, 1.165) is 6.07 Å². The first-order chi connectivity index (χ1) is 15.9. The van der Waals surface area contributed by atoms with E-state index in [2.05, 4.69) is 15.1 Å². The first kappa shape index (κ1) is 20.9. The Labute approximate surface area is 183 Å². The van der Waals surface area contributed by atoms with Crippen LogP contribution in [0.4, 0.5) is 13.2 Å². The highest BCUT2D eigenvalue weighted by atomic mass is 19.1. The number of hydrogen-bond donors (Lipinski definition) is 0. The highest BCUT2D eigenvalue weighted by Crippen LogP contribution is 2.28. The number of fused-ring (bicyclic) bond motifs is 3. The van der Waals surface area contributed by atoms with Crippen LogP contribution in [0.15, 0.2) is 52.0 Å². The van der Waals surface area contributed by atoms with Gasteiger partial charge in [-0.15, -0.1) is 0 Å². The lowest BCUT2D eigenvalue weighted by Crippen LogP contribution is -2.28. The molecule has 0 aliphatic rings. The summed E-state index contributed by atoms with van der Waals surface area (Å²) < 4.78 is 54.7. The van der Waals surface area contributed by atoms with Crippen LogP contribution in [-0.4, -0.2) is 37.8 Å². The predicted octanol–water partition coefficient (Wildman–Crippen LogP) is 3.99. The zero-order valence-electron chi connectivity index (χ0n) is 17.4. The summed E-state index contributed by atoms with van der Waals surface area (Å²) in [6.45, 7) is 1.98. The Morgan fingerprint density at radius 3 is 2.61 bits per heavy atom. The number of imidazole rings is 1. The fourth-order valence-corrected chi connectivity index (χ4v) is 3.86. The van der Waals surface area contributed by atoms with Crippen LogP contribution in [0.25, 0.3) is 39.5 Å². The molecular formula is C22H16F3N5O3. The maximum atomic E-state index is 14.1. The van der Waals surface area contributed by atoms with Crippen molar-refractivity contribution in [2.75, 3.05) is 13.7 Å². The minimum atomic E-state index is -0.872. The van der Waals surface area contributed by atoms with E-state index < -0.39 is 29.1 Å². The number of halogens is 3. The van der Waals surface area contributed by atoms with E-state index in [1.54, 1.807) is 6.92 Å². The van der Waals surface area contributed by atoms with Gasteiger partial charge in [0.2, 0.25) is 5.82 Å². The molecule has 0 N–H and O–H groups in total. The van der Waals surface area contributed by atoms with Gasteiger partial charge < -0.3 is 9.26 Å². The Balaban J connectivity index is 1.75. The lowest BCUT2D eigenvalue weighted by Gasteiger charge is -2.18. The third-order valence-corrected chi connectivity index (χ3v) is 5.29. The monoisotopic (exact) mass is 455 g/mol. The molecule has 0 saturated heterocycles. The molecule has 5 aromatic rings. The number of methoxy groups -OCH3 is 1. The third kappa shape index (κ3) is 3.37. The molecule has 0 aliphatic carbocycles. The van der Waals surface area contributed by atoms with Crippen LogP contribution in [0.2, 0.25) is 0 Å². The van der Waals surface area contributed by atoms with E-state index in [4.69, 9.17) is 9.26 Å². The first-order valence-corrected chi connectivity index (χ1v) is 9.88. The molecule has 0 aliphatic heterocycles. The molecule has 0 bridgehead atoms. The van der Waals surface area contributed by atoms with Crippen LogP contribution in [0.3, 0.4) is 0 Å². The molecule has 1 unspecified atom stereocenters. The van der Waals surface area contributed by atoms with Crippen LogP contribution in [0.5, 0.6) is 0 Å². The molecule has 3 aromatic heterocycles. The van der Waals surface area contributed by atoms with Crippen LogP contribution in [-0.2, 0) is 4.74 Å². The van der Waals surface area contributed by atoms with Crippen LogP contribution >= 0.6 is 0 Å². The largest absolute Gasteiger partial charge is 0.383 e. The van der Waals surface area contributed by atoms with Gasteiger partial charge in [0.1, 0.15) is 35.0 Å². The molecule has 0 spiro atoms. The number of ether oxygens (including phenoxy) is 1. The van der Waals surface area contributed by atoms with Crippen molar-refractivity contribution in [3.8, 4) is 23.0 Å². The van der Waals surface area contributed by atoms with Gasteiger partial charge in [-0.25, -0.2) is 18.2 Å². The van der Waals surface area contributed by atoms with Gasteiger partial charge in [-0.1, -0.05) is 5.16 Å². The minimum Gasteiger partial charge on any atom is -0.383 e. The van der Waals surface area contributed by atoms with E-state index in [0.29, 0.717) is 17.1 Å². The maximum absolute atomic E-state index is 14.1. The van der Waals surface area contributed by atoms with Crippen LogP contribution in [0, 0.1) is 17.5 Å². The maximum Gasteiger partial charge on any atom is 0.278 e. The number of aromatic nitrogens is 5. The Bertz CT molecular complexity index is 1570. The Morgan fingerprint density at radius 1 is 1.09 bits per heavy atom. The number of nitrogens with zero attached hydrogens (tertiary/aromatic N) is 5. The highest BCUT2D eigenvalue weighted by Gasteiger charge is 2.23. The molecule has 5 rings (SSSR count). The molecular weight excluding hydrogens is 439 g/mol. The Hall–Kier alpha value is -3.99. The van der Waals surface area contributed by atoms with Gasteiger partial charge >= 0.3 is 0 Å². The first-order valence-electron chi connectivity index (χ1n) is 9.88. The average Bonchev–Trinajstić information content (AvgIpc) is 3.41. The molecule has 2 aromatic carbocycles. The van der Waals surface area contributed by atoms with Crippen molar-refractivity contribution >= 4 is 16.6 Å². The lowest BCUT2D eigenvalue weighted by molar-refractivity contribution is 0.162. The van der Waals surface area contributed by atoms with Crippen molar-refractivity contribution in [3.05, 3.63) is 70.5 Å². The number of benzene rings is 2. The smallest absolute Gasteiger partial charge is 0.278 e. The van der Waals surface area contributed by atoms with Crippen molar-refractivity contribution < 1.29 is 22.4 Å². The molecule has 3 heterocycles. The van der Waals surface area contributed by atoms with E-state index >= 15 is 0 Å². The fraction of sp³-hybridized carbons (Fsp3) is 0.182. The second-order valence-electron chi connectivity index (χ2n) is 7.47. The van der Waals surface area contributed by atoms with E-state index in [1.807, 2.05) is 0 Å². The van der Waals surface area contributed by atoms with E-state index in [-0.39, 0.29) is 35.1 Å². The van der Waals surface area contributed by atoms with Gasteiger partial charge in [-0.2, -0.15) is 4.98 Å². The number of hydrogen-bond acceptors (Lipinski definition) is 6. The van der Waals surface area contributed by atoms with Gasteiger partial charge in [-0.05, 0) is 37.3 Å². The fourth-order valence-electron chi connectivity index (χ4n) is 3.86. The Kier molecular flexibility index (Phi) is 4.97. The second-order valence-corrected chi connectivity index (χ2v) is 7.47. The van der Waals surface area contributed by atoms with E-state index in [1.165, 1.54) is 46.7 Å². The van der Waals surface area contributed by atoms with Crippen molar-refractivity contribution in [2.24, 2.45) is 0 Å². The van der Waals surface area contributed by atoms with Crippen molar-refractivity contribution in [3.63, 3.8) is 0 Å². The van der Waals surface area contributed by atoms with Crippen molar-refractivity contribution in [1.82, 2.24) is 24.1 Å². The summed E-state index contributed by atoms with van der Waals surface area (Å²) in [6, 6.07) is 6.60. The highest BCUT2D eigenvalue weighted by molar-refractivity contribution is 5.84. The molecule has 33 heavy (non-hydrogen) atoms. The van der Waals surface area contributed by atoms with Gasteiger partial charge in [0.05, 0.1) is 29.2 Å². The normalized spacial score (nSPS) is 12.6. The third-order valence-electron chi connectivity index (χ3n) is 5.29. The molecule has 168 valence electrons. The SMILES string of the molecule is COCC(C)n1c(=O)c2c(-c3noc(-c4ccc(F)cc4F)n3)ncn2c2ccc(F)cc21. The summed E-state index contributed by atoms with van der Waals surface area (Å²) in [5, 5.41) is 3.84. The molecule has 8 nitrogen and oxygen atoms in total. The van der Waals surface area contributed by atoms with Gasteiger partial charge in [0.15, 0.2) is 0 Å². The van der Waals surface area contributed by atoms with E-state index in [9.17, 15) is 18.0 Å². The summed E-state index contributed by atoms with van der Waals surface area (Å²) in [4.78, 5) is 22.0. The molecule has 1 atom stereocenters. The standard InChI is InChI=1S/C22H16F3N5O3/c1-11(9-32-2)30-17-8-13(24)4-6-16(17)29-10-26-18(19(29)22(30)31)20-27-21(33-28-20)14-5-3-12(23)7-15(14)25/h3-8,10-11H,9H2,1-2H3. The van der Waals surface area contributed by atoms with Crippen LogP contribution in [0.1, 0.15) is 13.0 Å². The molecule has 0 amide bonds. The summed E-state index contributed by atoms with van der Waals surface area (Å²) in [5.41, 5.74) is 0.561. The molecule has 11 heteroatoms. The summed E-state index contributed by atoms with van der Waals surface area (Å²) >= 11 is 0. The minimum absolute atomic E-state index is 0.0549. The molecule has 0 saturated carbocycles. The van der Waals surface area contributed by atoms with Gasteiger partial charge in [-0.3, -0.25) is 13.8 Å². The lowest BCUT2D eigenvalue weighted by atomic mass is 10.2. The Morgan fingerprint density at radius 2 is 1.85 bits per heavy atom. The van der Waals surface area contributed by atoms with Gasteiger partial charge in [0.25, 0.3) is 11.4 Å². The average molecular weight is 455 g/mol. The second kappa shape index (κ2) is 7.85. The summed E-state index contributed by atoms with van der Waals surface area (Å²) in [7, 11) is 1.50. The van der Waals surface area contributed by atoms with Crippen LogP contribution < -0.4 is 5.56 Å². The molecule has 0 radical (unpaired) electrons. The zero-order chi connectivity index (χ0) is 23.3. The quantitative estimate of drug-likeness (QED) is 0.398. The number of rotatable bonds is 5. The molecule has 0 fully saturated rings. The summed E-state index contributed by atoms with van der Waals surface area (Å²) in [6.07, 6.45) is 1.39. The predicted molar refractivity (Wildman–Crippen MR) is 112 cm³/mol. The topological polar surface area (TPSA) is 87.5 Å². The van der Waals surface area contributed by atoms with Crippen molar-refractivity contribution in [2.45, 2.75) is 13.0 Å².